The zero-order valence-electron chi connectivity index (χ0n) is 6.13. The molecule has 0 spiro atoms. The third-order valence-corrected chi connectivity index (χ3v) is 3.00. The third kappa shape index (κ3) is 1.05. The zero-order chi connectivity index (χ0) is 7.90. The first-order valence-electron chi connectivity index (χ1n) is 3.38. The van der Waals surface area contributed by atoms with Gasteiger partial charge in [0.1, 0.15) is 11.7 Å². The Morgan fingerprint density at radius 1 is 1.82 bits per heavy atom. The second-order valence-corrected chi connectivity index (χ2v) is 3.74. The monoisotopic (exact) mass is 165 g/mol. The summed E-state index contributed by atoms with van der Waals surface area (Å²) in [6, 6.07) is 4.00. The van der Waals surface area contributed by atoms with Crippen molar-refractivity contribution in [1.82, 2.24) is 0 Å². The molecule has 1 aliphatic heterocycles. The number of rotatable bonds is 1. The predicted molar refractivity (Wildman–Crippen MR) is 42.3 cm³/mol. The van der Waals surface area contributed by atoms with Crippen LogP contribution in [0, 0.1) is 11.3 Å². The quantitative estimate of drug-likeness (QED) is 0.595. The van der Waals surface area contributed by atoms with Gasteiger partial charge in [-0.05, 0) is 13.0 Å². The topological polar surface area (TPSA) is 36.3 Å². The average molecular weight is 165 g/mol. The van der Waals surface area contributed by atoms with Gasteiger partial charge in [0.05, 0.1) is 12.2 Å². The van der Waals surface area contributed by atoms with Gasteiger partial charge in [0.25, 0.3) is 0 Å². The number of nitriles is 1. The highest BCUT2D eigenvalue weighted by molar-refractivity contribution is 7.10. The van der Waals surface area contributed by atoms with E-state index in [-0.39, 0.29) is 5.60 Å². The lowest BCUT2D eigenvalue weighted by molar-refractivity contribution is 0.333. The molecule has 2 rings (SSSR count). The Kier molecular flexibility index (Phi) is 1.28. The summed E-state index contributed by atoms with van der Waals surface area (Å²) in [4.78, 5) is 1.16. The first-order chi connectivity index (χ1) is 5.24. The zero-order valence-corrected chi connectivity index (χ0v) is 6.94. The molecule has 56 valence electrons. The van der Waals surface area contributed by atoms with Gasteiger partial charge >= 0.3 is 0 Å². The molecule has 2 nitrogen and oxygen atoms in total. The van der Waals surface area contributed by atoms with Crippen LogP contribution in [0.2, 0.25) is 0 Å². The molecule has 2 heterocycles. The molecule has 0 radical (unpaired) electrons. The number of hydrogen-bond donors (Lipinski definition) is 0. The van der Waals surface area contributed by atoms with Crippen LogP contribution in [0.1, 0.15) is 17.4 Å². The van der Waals surface area contributed by atoms with Gasteiger partial charge in [-0.1, -0.05) is 0 Å². The standard InChI is InChI=1S/C8H7NOS/c1-8(5-10-8)7-2-6(3-9)4-11-7/h2,4H,5H2,1H3. The number of epoxide rings is 1. The second kappa shape index (κ2) is 2.07. The van der Waals surface area contributed by atoms with Crippen molar-refractivity contribution in [2.24, 2.45) is 0 Å². The van der Waals surface area contributed by atoms with Crippen LogP contribution in [0.25, 0.3) is 0 Å². The molecule has 0 saturated carbocycles. The van der Waals surface area contributed by atoms with Gasteiger partial charge in [-0.3, -0.25) is 0 Å². The molecule has 1 unspecified atom stereocenters. The Morgan fingerprint density at radius 2 is 2.55 bits per heavy atom. The lowest BCUT2D eigenvalue weighted by Gasteiger charge is -1.96. The van der Waals surface area contributed by atoms with Gasteiger partial charge in [-0.25, -0.2) is 0 Å². The maximum absolute atomic E-state index is 8.55. The Bertz CT molecular complexity index is 319. The summed E-state index contributed by atoms with van der Waals surface area (Å²) in [5.41, 5.74) is 0.668. The molecule has 1 atom stereocenters. The summed E-state index contributed by atoms with van der Waals surface area (Å²) in [6.07, 6.45) is 0. The lowest BCUT2D eigenvalue weighted by Crippen LogP contribution is -1.97. The van der Waals surface area contributed by atoms with Crippen molar-refractivity contribution < 1.29 is 4.74 Å². The van der Waals surface area contributed by atoms with Gasteiger partial charge in [0.15, 0.2) is 0 Å². The molecule has 1 aromatic heterocycles. The van der Waals surface area contributed by atoms with E-state index in [4.69, 9.17) is 10.00 Å². The molecule has 0 N–H and O–H groups in total. The van der Waals surface area contributed by atoms with Gasteiger partial charge in [0.2, 0.25) is 0 Å². The molecule has 0 bridgehead atoms. The summed E-state index contributed by atoms with van der Waals surface area (Å²) in [5.74, 6) is 0. The van der Waals surface area contributed by atoms with E-state index < -0.39 is 0 Å². The van der Waals surface area contributed by atoms with Crippen molar-refractivity contribution in [1.29, 1.82) is 5.26 Å². The van der Waals surface area contributed by atoms with Crippen LogP contribution in [0.4, 0.5) is 0 Å². The highest BCUT2D eigenvalue weighted by Gasteiger charge is 2.42. The maximum atomic E-state index is 8.55. The minimum absolute atomic E-state index is 0.0697. The van der Waals surface area contributed by atoms with E-state index in [1.807, 2.05) is 18.4 Å². The Balaban J connectivity index is 2.34. The van der Waals surface area contributed by atoms with E-state index in [1.54, 1.807) is 11.3 Å². The predicted octanol–water partition coefficient (Wildman–Crippen LogP) is 1.87. The number of hydrogen-bond acceptors (Lipinski definition) is 3. The number of nitrogens with zero attached hydrogens (tertiary/aromatic N) is 1. The highest BCUT2D eigenvalue weighted by Crippen LogP contribution is 2.40. The fraction of sp³-hybridized carbons (Fsp3) is 0.375. The van der Waals surface area contributed by atoms with Crippen molar-refractivity contribution in [3.63, 3.8) is 0 Å². The van der Waals surface area contributed by atoms with Crippen LogP contribution in [0.5, 0.6) is 0 Å². The first-order valence-corrected chi connectivity index (χ1v) is 4.26. The average Bonchev–Trinajstić information content (AvgIpc) is 2.61. The van der Waals surface area contributed by atoms with Gasteiger partial charge < -0.3 is 4.74 Å². The molecular formula is C8H7NOS. The van der Waals surface area contributed by atoms with E-state index in [2.05, 4.69) is 6.07 Å². The summed E-state index contributed by atoms with van der Waals surface area (Å²) in [6.45, 7) is 2.83. The highest BCUT2D eigenvalue weighted by atomic mass is 32.1. The van der Waals surface area contributed by atoms with Crippen LogP contribution < -0.4 is 0 Å². The van der Waals surface area contributed by atoms with E-state index >= 15 is 0 Å². The van der Waals surface area contributed by atoms with Crippen LogP contribution in [0.3, 0.4) is 0 Å². The number of ether oxygens (including phenoxy) is 1. The summed E-state index contributed by atoms with van der Waals surface area (Å²) in [7, 11) is 0. The van der Waals surface area contributed by atoms with Gasteiger partial charge in [-0.15, -0.1) is 11.3 Å². The Labute approximate surface area is 69.0 Å². The van der Waals surface area contributed by atoms with E-state index in [1.165, 1.54) is 0 Å². The summed E-state index contributed by atoms with van der Waals surface area (Å²) < 4.78 is 5.24. The van der Waals surface area contributed by atoms with Gasteiger partial charge in [0, 0.05) is 10.3 Å². The van der Waals surface area contributed by atoms with Crippen molar-refractivity contribution in [3.05, 3.63) is 21.9 Å². The Morgan fingerprint density at radius 3 is 3.00 bits per heavy atom. The summed E-state index contributed by atoms with van der Waals surface area (Å²) in [5, 5.41) is 10.4. The third-order valence-electron chi connectivity index (χ3n) is 1.83. The summed E-state index contributed by atoms with van der Waals surface area (Å²) >= 11 is 1.60. The second-order valence-electron chi connectivity index (χ2n) is 2.83. The molecule has 1 aliphatic rings. The lowest BCUT2D eigenvalue weighted by atomic mass is 10.1. The van der Waals surface area contributed by atoms with Crippen LogP contribution in [0.15, 0.2) is 11.4 Å². The molecular weight excluding hydrogens is 158 g/mol. The van der Waals surface area contributed by atoms with Crippen molar-refractivity contribution in [2.45, 2.75) is 12.5 Å². The molecule has 0 aromatic carbocycles. The molecule has 0 amide bonds. The molecule has 3 heteroatoms. The van der Waals surface area contributed by atoms with Crippen molar-refractivity contribution in [3.8, 4) is 6.07 Å². The fourth-order valence-corrected chi connectivity index (χ4v) is 1.86. The largest absolute Gasteiger partial charge is 0.364 e. The van der Waals surface area contributed by atoms with E-state index in [0.29, 0.717) is 0 Å². The van der Waals surface area contributed by atoms with Crippen LogP contribution >= 0.6 is 11.3 Å². The molecule has 1 aromatic rings. The van der Waals surface area contributed by atoms with Crippen molar-refractivity contribution in [2.75, 3.05) is 6.61 Å². The fourth-order valence-electron chi connectivity index (χ4n) is 0.923. The molecule has 11 heavy (non-hydrogen) atoms. The SMILES string of the molecule is CC1(c2cc(C#N)cs2)CO1. The minimum Gasteiger partial charge on any atom is -0.364 e. The smallest absolute Gasteiger partial charge is 0.123 e. The molecule has 1 fully saturated rings. The van der Waals surface area contributed by atoms with Crippen LogP contribution in [-0.4, -0.2) is 6.61 Å². The number of thiophene rings is 1. The normalized spacial score (nSPS) is 28.0. The van der Waals surface area contributed by atoms with E-state index in [9.17, 15) is 0 Å². The van der Waals surface area contributed by atoms with Gasteiger partial charge in [-0.2, -0.15) is 5.26 Å². The van der Waals surface area contributed by atoms with Crippen molar-refractivity contribution >= 4 is 11.3 Å². The van der Waals surface area contributed by atoms with Crippen LogP contribution in [-0.2, 0) is 10.3 Å². The molecule has 1 saturated heterocycles. The molecule has 0 aliphatic carbocycles. The first kappa shape index (κ1) is 6.84. The Hall–Kier alpha value is -0.850. The van der Waals surface area contributed by atoms with E-state index in [0.717, 1.165) is 17.0 Å². The minimum atomic E-state index is -0.0697. The maximum Gasteiger partial charge on any atom is 0.123 e.